The normalized spacial score (nSPS) is 12.6. The van der Waals surface area contributed by atoms with Gasteiger partial charge in [-0.2, -0.15) is 5.10 Å². The molecule has 0 bridgehead atoms. The lowest BCUT2D eigenvalue weighted by Gasteiger charge is -2.09. The van der Waals surface area contributed by atoms with Crippen molar-refractivity contribution in [3.8, 4) is 5.75 Å². The van der Waals surface area contributed by atoms with Gasteiger partial charge in [-0.3, -0.25) is 4.79 Å². The van der Waals surface area contributed by atoms with Gasteiger partial charge in [0.25, 0.3) is 5.91 Å². The Morgan fingerprint density at radius 1 is 1.18 bits per heavy atom. The van der Waals surface area contributed by atoms with E-state index in [-0.39, 0.29) is 5.91 Å². The molecule has 144 valence electrons. The number of nitrogens with one attached hydrogen (secondary N) is 1. The van der Waals surface area contributed by atoms with Gasteiger partial charge in [-0.25, -0.2) is 4.68 Å². The van der Waals surface area contributed by atoms with Crippen LogP contribution in [0, 0.1) is 0 Å². The van der Waals surface area contributed by atoms with Crippen LogP contribution in [0.15, 0.2) is 54.9 Å². The Labute approximate surface area is 164 Å². The molecular weight excluding hydrogens is 354 g/mol. The maximum Gasteiger partial charge on any atom is 0.255 e. The molecule has 28 heavy (non-hydrogen) atoms. The third-order valence-electron chi connectivity index (χ3n) is 4.82. The highest BCUT2D eigenvalue weighted by Crippen LogP contribution is 2.26. The van der Waals surface area contributed by atoms with Crippen LogP contribution in [0.3, 0.4) is 0 Å². The predicted octanol–water partition coefficient (Wildman–Crippen LogP) is 3.81. The van der Waals surface area contributed by atoms with E-state index in [0.717, 1.165) is 24.2 Å². The van der Waals surface area contributed by atoms with Crippen LogP contribution in [0.1, 0.15) is 33.5 Å². The van der Waals surface area contributed by atoms with E-state index in [1.165, 1.54) is 17.5 Å². The lowest BCUT2D eigenvalue weighted by molar-refractivity contribution is 0.102. The second-order valence-electron chi connectivity index (χ2n) is 6.91. The second-order valence-corrected chi connectivity index (χ2v) is 6.91. The van der Waals surface area contributed by atoms with Crippen molar-refractivity contribution in [2.75, 3.05) is 12.4 Å². The number of nitrogens with zero attached hydrogens (tertiary/aromatic N) is 2. The van der Waals surface area contributed by atoms with Crippen LogP contribution in [-0.2, 0) is 30.9 Å². The number of ether oxygens (including phenoxy) is 2. The number of aromatic nitrogens is 2. The van der Waals surface area contributed by atoms with Gasteiger partial charge in [-0.05, 0) is 60.2 Å². The third kappa shape index (κ3) is 4.23. The molecule has 1 aliphatic rings. The number of rotatable bonds is 7. The molecule has 1 aliphatic carbocycles. The zero-order chi connectivity index (χ0) is 19.3. The summed E-state index contributed by atoms with van der Waals surface area (Å²) in [4.78, 5) is 12.5. The first kappa shape index (κ1) is 18.3. The van der Waals surface area contributed by atoms with Gasteiger partial charge in [0.15, 0.2) is 0 Å². The molecule has 6 nitrogen and oxygen atoms in total. The summed E-state index contributed by atoms with van der Waals surface area (Å²) in [5.74, 6) is 0.692. The van der Waals surface area contributed by atoms with Gasteiger partial charge in [-0.1, -0.05) is 18.2 Å². The minimum atomic E-state index is -0.184. The van der Waals surface area contributed by atoms with Crippen molar-refractivity contribution in [1.82, 2.24) is 9.78 Å². The summed E-state index contributed by atoms with van der Waals surface area (Å²) < 4.78 is 12.6. The van der Waals surface area contributed by atoms with E-state index in [0.29, 0.717) is 24.6 Å². The predicted molar refractivity (Wildman–Crippen MR) is 106 cm³/mol. The van der Waals surface area contributed by atoms with Gasteiger partial charge in [0.2, 0.25) is 0 Å². The van der Waals surface area contributed by atoms with E-state index in [4.69, 9.17) is 9.47 Å². The molecule has 0 fully saturated rings. The van der Waals surface area contributed by atoms with Crippen LogP contribution < -0.4 is 10.1 Å². The maximum atomic E-state index is 12.5. The van der Waals surface area contributed by atoms with Crippen molar-refractivity contribution in [3.63, 3.8) is 0 Å². The van der Waals surface area contributed by atoms with Crippen molar-refractivity contribution < 1.29 is 14.3 Å². The molecule has 0 saturated carbocycles. The van der Waals surface area contributed by atoms with Gasteiger partial charge in [0, 0.05) is 12.7 Å². The lowest BCUT2D eigenvalue weighted by Crippen LogP contribution is -2.12. The van der Waals surface area contributed by atoms with Gasteiger partial charge < -0.3 is 14.8 Å². The molecule has 3 aromatic rings. The molecule has 0 spiro atoms. The number of carbonyl (C=O) groups excluding carboxylic acids is 1. The monoisotopic (exact) mass is 377 g/mol. The third-order valence-corrected chi connectivity index (χ3v) is 4.82. The Morgan fingerprint density at radius 2 is 2.07 bits per heavy atom. The van der Waals surface area contributed by atoms with Gasteiger partial charge >= 0.3 is 0 Å². The molecular formula is C22H23N3O3. The summed E-state index contributed by atoms with van der Waals surface area (Å²) in [7, 11) is 1.59. The molecule has 0 radical (unpaired) electrons. The fourth-order valence-electron chi connectivity index (χ4n) is 3.44. The molecule has 0 aliphatic heterocycles. The first-order valence-electron chi connectivity index (χ1n) is 9.37. The number of hydrogen-bond donors (Lipinski definition) is 1. The van der Waals surface area contributed by atoms with Crippen molar-refractivity contribution in [1.29, 1.82) is 0 Å². The molecule has 0 saturated heterocycles. The highest BCUT2D eigenvalue weighted by molar-refractivity contribution is 6.04. The highest BCUT2D eigenvalue weighted by Gasteiger charge is 2.12. The Balaban J connectivity index is 1.38. The summed E-state index contributed by atoms with van der Waals surface area (Å²) >= 11 is 0. The minimum absolute atomic E-state index is 0.184. The fourth-order valence-corrected chi connectivity index (χ4v) is 3.44. The summed E-state index contributed by atoms with van der Waals surface area (Å²) in [5.41, 5.74) is 4.97. The maximum absolute atomic E-state index is 12.5. The zero-order valence-corrected chi connectivity index (χ0v) is 15.9. The van der Waals surface area contributed by atoms with Crippen LogP contribution >= 0.6 is 0 Å². The summed E-state index contributed by atoms with van der Waals surface area (Å²) in [5, 5.41) is 6.96. The average molecular weight is 377 g/mol. The van der Waals surface area contributed by atoms with Crippen LogP contribution in [0.25, 0.3) is 0 Å². The zero-order valence-electron chi connectivity index (χ0n) is 15.9. The summed E-state index contributed by atoms with van der Waals surface area (Å²) in [6.45, 7) is 0.761. The smallest absolute Gasteiger partial charge is 0.255 e. The summed E-state index contributed by atoms with van der Waals surface area (Å²) in [6.07, 6.45) is 6.83. The second kappa shape index (κ2) is 8.27. The van der Waals surface area contributed by atoms with E-state index in [2.05, 4.69) is 22.5 Å². The van der Waals surface area contributed by atoms with Crippen molar-refractivity contribution in [3.05, 3.63) is 77.1 Å². The van der Waals surface area contributed by atoms with Crippen LogP contribution in [0.4, 0.5) is 5.69 Å². The average Bonchev–Trinajstić information content (AvgIpc) is 3.35. The number of fused-ring (bicyclic) bond motifs is 1. The van der Waals surface area contributed by atoms with Crippen LogP contribution in [-0.4, -0.2) is 22.8 Å². The molecule has 1 amide bonds. The lowest BCUT2D eigenvalue weighted by atomic mass is 10.1. The van der Waals surface area contributed by atoms with Gasteiger partial charge in [0.05, 0.1) is 18.1 Å². The van der Waals surface area contributed by atoms with Crippen LogP contribution in [0.5, 0.6) is 5.75 Å². The molecule has 0 unspecified atom stereocenters. The van der Waals surface area contributed by atoms with Gasteiger partial charge in [-0.15, -0.1) is 0 Å². The first-order chi connectivity index (χ1) is 13.7. The fraction of sp³-hybridized carbons (Fsp3) is 0.273. The van der Waals surface area contributed by atoms with Gasteiger partial charge in [0.1, 0.15) is 19.1 Å². The number of anilines is 1. The van der Waals surface area contributed by atoms with Crippen LogP contribution in [0.2, 0.25) is 0 Å². The summed E-state index contributed by atoms with van der Waals surface area (Å²) in [6, 6.07) is 13.8. The van der Waals surface area contributed by atoms with Crippen molar-refractivity contribution in [2.45, 2.75) is 32.6 Å². The molecule has 1 aromatic heterocycles. The first-order valence-corrected chi connectivity index (χ1v) is 9.37. The van der Waals surface area contributed by atoms with E-state index >= 15 is 0 Å². The standard InChI is InChI=1S/C22H23N3O3/c1-27-15-25-13-20(12-23-25)24-22(26)19-7-2-4-16(10-19)14-28-21-9-8-17-5-3-6-18(17)11-21/h2,4,7-13H,3,5-6,14-15H2,1H3,(H,24,26). The van der Waals surface area contributed by atoms with Crippen molar-refractivity contribution >= 4 is 11.6 Å². The number of benzene rings is 2. The molecule has 1 N–H and O–H groups in total. The molecule has 4 rings (SSSR count). The highest BCUT2D eigenvalue weighted by atomic mass is 16.5. The molecule has 0 atom stereocenters. The Bertz CT molecular complexity index is 981. The van der Waals surface area contributed by atoms with Crippen molar-refractivity contribution in [2.24, 2.45) is 0 Å². The molecule has 1 heterocycles. The number of carbonyl (C=O) groups is 1. The Kier molecular flexibility index (Phi) is 5.39. The van der Waals surface area contributed by atoms with E-state index in [9.17, 15) is 4.79 Å². The van der Waals surface area contributed by atoms with E-state index in [1.807, 2.05) is 24.3 Å². The Morgan fingerprint density at radius 3 is 2.96 bits per heavy atom. The number of amides is 1. The SMILES string of the molecule is COCn1cc(NC(=O)c2cccc(COc3ccc4c(c3)CCC4)c2)cn1. The van der Waals surface area contributed by atoms with E-state index in [1.54, 1.807) is 30.3 Å². The molecule has 6 heteroatoms. The minimum Gasteiger partial charge on any atom is -0.489 e. The quantitative estimate of drug-likeness (QED) is 0.680. The van der Waals surface area contributed by atoms with E-state index < -0.39 is 0 Å². The largest absolute Gasteiger partial charge is 0.489 e. The Hall–Kier alpha value is -3.12. The molecule has 2 aromatic carbocycles. The topological polar surface area (TPSA) is 65.4 Å². The number of hydrogen-bond acceptors (Lipinski definition) is 4. The number of methoxy groups -OCH3 is 1. The number of aryl methyl sites for hydroxylation is 2.